The zero-order valence-electron chi connectivity index (χ0n) is 16.0. The lowest BCUT2D eigenvalue weighted by Crippen LogP contribution is -2.21. The van der Waals surface area contributed by atoms with Crippen LogP contribution in [-0.2, 0) is 14.2 Å². The zero-order valence-corrected chi connectivity index (χ0v) is 16.0. The number of methoxy groups -OCH3 is 2. The zero-order chi connectivity index (χ0) is 19.1. The first-order chi connectivity index (χ1) is 13.2. The summed E-state index contributed by atoms with van der Waals surface area (Å²) in [5.41, 5.74) is 2.22. The van der Waals surface area contributed by atoms with Gasteiger partial charge in [0.05, 0.1) is 26.9 Å². The number of rotatable bonds is 8. The Hall–Kier alpha value is -2.34. The normalized spacial score (nSPS) is 20.7. The van der Waals surface area contributed by atoms with Crippen molar-refractivity contribution in [3.05, 3.63) is 65.7 Å². The number of hydrogen-bond acceptors (Lipinski definition) is 5. The van der Waals surface area contributed by atoms with Crippen LogP contribution < -0.4 is 9.47 Å². The van der Waals surface area contributed by atoms with Crippen molar-refractivity contribution in [1.29, 1.82) is 0 Å². The molecule has 5 heteroatoms. The summed E-state index contributed by atoms with van der Waals surface area (Å²) in [7, 11) is 3.33. The molecule has 0 bridgehead atoms. The summed E-state index contributed by atoms with van der Waals surface area (Å²) in [5, 5.41) is 0. The van der Waals surface area contributed by atoms with E-state index in [0.29, 0.717) is 13.2 Å². The maximum atomic E-state index is 5.95. The SMILES string of the molecule is CCOC1OCC(C(C=Cc2ccc(OC)cc2)c2ccc(OC)cc2)O1. The van der Waals surface area contributed by atoms with Gasteiger partial charge in [0.15, 0.2) is 0 Å². The molecule has 0 amide bonds. The van der Waals surface area contributed by atoms with Crippen molar-refractivity contribution >= 4 is 6.08 Å². The Labute approximate surface area is 160 Å². The van der Waals surface area contributed by atoms with Crippen LogP contribution >= 0.6 is 0 Å². The van der Waals surface area contributed by atoms with Crippen molar-refractivity contribution in [3.63, 3.8) is 0 Å². The van der Waals surface area contributed by atoms with Crippen LogP contribution in [0.5, 0.6) is 11.5 Å². The fourth-order valence-electron chi connectivity index (χ4n) is 3.01. The number of hydrogen-bond donors (Lipinski definition) is 0. The average molecular weight is 370 g/mol. The van der Waals surface area contributed by atoms with E-state index in [0.717, 1.165) is 22.6 Å². The minimum absolute atomic E-state index is 0.0310. The lowest BCUT2D eigenvalue weighted by molar-refractivity contribution is -0.235. The lowest BCUT2D eigenvalue weighted by Gasteiger charge is -2.20. The van der Waals surface area contributed by atoms with Crippen LogP contribution in [0.25, 0.3) is 6.08 Å². The van der Waals surface area contributed by atoms with Crippen molar-refractivity contribution in [3.8, 4) is 11.5 Å². The maximum absolute atomic E-state index is 5.95. The monoisotopic (exact) mass is 370 g/mol. The molecule has 0 aromatic heterocycles. The third kappa shape index (κ3) is 5.10. The molecule has 27 heavy (non-hydrogen) atoms. The van der Waals surface area contributed by atoms with E-state index < -0.39 is 6.48 Å². The van der Waals surface area contributed by atoms with E-state index in [9.17, 15) is 0 Å². The molecule has 0 spiro atoms. The maximum Gasteiger partial charge on any atom is 0.272 e. The van der Waals surface area contributed by atoms with E-state index in [1.54, 1.807) is 14.2 Å². The van der Waals surface area contributed by atoms with Crippen LogP contribution in [0.1, 0.15) is 24.0 Å². The Bertz CT molecular complexity index is 723. The first-order valence-electron chi connectivity index (χ1n) is 9.08. The molecular formula is C22H26O5. The molecule has 2 aromatic carbocycles. The molecular weight excluding hydrogens is 344 g/mol. The molecule has 2 aromatic rings. The van der Waals surface area contributed by atoms with Gasteiger partial charge in [0.2, 0.25) is 0 Å². The summed E-state index contributed by atoms with van der Waals surface area (Å²) in [5.74, 6) is 1.70. The van der Waals surface area contributed by atoms with Crippen molar-refractivity contribution in [2.75, 3.05) is 27.4 Å². The Morgan fingerprint density at radius 1 is 1.00 bits per heavy atom. The first-order valence-corrected chi connectivity index (χ1v) is 9.08. The van der Waals surface area contributed by atoms with E-state index in [1.807, 2.05) is 43.3 Å². The fraction of sp³-hybridized carbons (Fsp3) is 0.364. The fourth-order valence-corrected chi connectivity index (χ4v) is 3.01. The van der Waals surface area contributed by atoms with Crippen LogP contribution in [0.15, 0.2) is 54.6 Å². The minimum atomic E-state index is -0.602. The van der Waals surface area contributed by atoms with Crippen molar-refractivity contribution < 1.29 is 23.7 Å². The van der Waals surface area contributed by atoms with E-state index in [4.69, 9.17) is 23.7 Å². The summed E-state index contributed by atoms with van der Waals surface area (Å²) in [6.45, 7) is 2.35. The Balaban J connectivity index is 1.81. The highest BCUT2D eigenvalue weighted by Crippen LogP contribution is 2.31. The Morgan fingerprint density at radius 3 is 2.22 bits per heavy atom. The van der Waals surface area contributed by atoms with Crippen molar-refractivity contribution in [2.24, 2.45) is 0 Å². The third-order valence-electron chi connectivity index (χ3n) is 4.50. The molecule has 3 atom stereocenters. The Kier molecular flexibility index (Phi) is 6.87. The largest absolute Gasteiger partial charge is 0.497 e. The molecule has 3 unspecified atom stereocenters. The van der Waals surface area contributed by atoms with Gasteiger partial charge >= 0.3 is 0 Å². The summed E-state index contributed by atoms with van der Waals surface area (Å²) < 4.78 is 27.5. The molecule has 0 radical (unpaired) electrons. The van der Waals surface area contributed by atoms with Crippen LogP contribution in [0.4, 0.5) is 0 Å². The molecule has 1 aliphatic heterocycles. The van der Waals surface area contributed by atoms with Crippen molar-refractivity contribution in [1.82, 2.24) is 0 Å². The third-order valence-corrected chi connectivity index (χ3v) is 4.50. The highest BCUT2D eigenvalue weighted by atomic mass is 16.9. The molecule has 3 rings (SSSR count). The Morgan fingerprint density at radius 2 is 1.63 bits per heavy atom. The summed E-state index contributed by atoms with van der Waals surface area (Å²) in [4.78, 5) is 0. The standard InChI is InChI=1S/C22H26O5/c1-4-25-22-26-15-21(27-22)20(17-8-12-19(24-3)13-9-17)14-7-16-5-10-18(23-2)11-6-16/h5-14,20-22H,4,15H2,1-3H3. The van der Waals surface area contributed by atoms with Gasteiger partial charge in [0, 0.05) is 12.5 Å². The van der Waals surface area contributed by atoms with Gasteiger partial charge in [-0.05, 0) is 42.3 Å². The van der Waals surface area contributed by atoms with E-state index in [1.165, 1.54) is 0 Å². The van der Waals surface area contributed by atoms with Gasteiger partial charge < -0.3 is 23.7 Å². The molecule has 0 aliphatic carbocycles. The van der Waals surface area contributed by atoms with Crippen LogP contribution in [0.3, 0.4) is 0 Å². The summed E-state index contributed by atoms with van der Waals surface area (Å²) >= 11 is 0. The van der Waals surface area contributed by atoms with Crippen LogP contribution in [0.2, 0.25) is 0 Å². The second kappa shape index (κ2) is 9.55. The highest BCUT2D eigenvalue weighted by molar-refractivity contribution is 5.52. The minimum Gasteiger partial charge on any atom is -0.497 e. The van der Waals surface area contributed by atoms with Gasteiger partial charge in [-0.2, -0.15) is 0 Å². The molecule has 1 saturated heterocycles. The van der Waals surface area contributed by atoms with E-state index in [2.05, 4.69) is 24.3 Å². The molecule has 0 N–H and O–H groups in total. The molecule has 1 heterocycles. The second-order valence-electron chi connectivity index (χ2n) is 6.18. The highest BCUT2D eigenvalue weighted by Gasteiger charge is 2.32. The van der Waals surface area contributed by atoms with Crippen LogP contribution in [0, 0.1) is 0 Å². The summed E-state index contributed by atoms with van der Waals surface area (Å²) in [6.07, 6.45) is 4.11. The van der Waals surface area contributed by atoms with Gasteiger partial charge in [-0.1, -0.05) is 36.4 Å². The molecule has 0 saturated carbocycles. The van der Waals surface area contributed by atoms with Gasteiger partial charge in [-0.15, -0.1) is 0 Å². The van der Waals surface area contributed by atoms with Gasteiger partial charge in [0.1, 0.15) is 11.5 Å². The smallest absolute Gasteiger partial charge is 0.272 e. The molecule has 1 aliphatic rings. The van der Waals surface area contributed by atoms with Crippen LogP contribution in [-0.4, -0.2) is 40.0 Å². The quantitative estimate of drug-likeness (QED) is 0.696. The van der Waals surface area contributed by atoms with Crippen molar-refractivity contribution in [2.45, 2.75) is 25.4 Å². The summed E-state index contributed by atoms with van der Waals surface area (Å²) in [6, 6.07) is 16.0. The van der Waals surface area contributed by atoms with Gasteiger partial charge in [-0.25, -0.2) is 0 Å². The molecule has 1 fully saturated rings. The van der Waals surface area contributed by atoms with E-state index >= 15 is 0 Å². The molecule has 144 valence electrons. The van der Waals surface area contributed by atoms with Gasteiger partial charge in [0.25, 0.3) is 6.48 Å². The second-order valence-corrected chi connectivity index (χ2v) is 6.18. The lowest BCUT2D eigenvalue weighted by atomic mass is 9.92. The van der Waals surface area contributed by atoms with Gasteiger partial charge in [-0.3, -0.25) is 0 Å². The molecule has 5 nitrogen and oxygen atoms in total. The number of ether oxygens (including phenoxy) is 5. The predicted molar refractivity (Wildman–Crippen MR) is 104 cm³/mol. The topological polar surface area (TPSA) is 46.2 Å². The van der Waals surface area contributed by atoms with E-state index in [-0.39, 0.29) is 12.0 Å². The first kappa shape index (κ1) is 19.4. The average Bonchev–Trinajstić information content (AvgIpc) is 3.18. The number of benzene rings is 2. The predicted octanol–water partition coefficient (Wildman–Crippen LogP) is 4.24.